The first kappa shape index (κ1) is 20.6. The van der Waals surface area contributed by atoms with Crippen molar-refractivity contribution in [1.29, 1.82) is 0 Å². The van der Waals surface area contributed by atoms with Crippen molar-refractivity contribution in [1.82, 2.24) is 10.2 Å². The monoisotopic (exact) mass is 362 g/mol. The molecule has 1 amide bonds. The van der Waals surface area contributed by atoms with Crippen LogP contribution < -0.4 is 5.32 Å². The predicted octanol–water partition coefficient (Wildman–Crippen LogP) is 3.71. The number of hydrogen-bond acceptors (Lipinski definition) is 4. The zero-order valence-corrected chi connectivity index (χ0v) is 16.6. The topological polar surface area (TPSA) is 72.8 Å². The third-order valence-corrected chi connectivity index (χ3v) is 5.18. The van der Waals surface area contributed by atoms with Gasteiger partial charge in [-0.2, -0.15) is 0 Å². The Kier molecular flexibility index (Phi) is 7.33. The number of nitrogens with one attached hydrogen (secondary N) is 1. The van der Waals surface area contributed by atoms with E-state index in [1.54, 1.807) is 6.07 Å². The molecule has 5 heteroatoms. The Labute approximate surface area is 157 Å². The summed E-state index contributed by atoms with van der Waals surface area (Å²) in [6.07, 6.45) is 3.16. The van der Waals surface area contributed by atoms with Crippen molar-refractivity contribution < 1.29 is 15.0 Å². The quantitative estimate of drug-likeness (QED) is 0.647. The fourth-order valence-electron chi connectivity index (χ4n) is 3.52. The predicted molar refractivity (Wildman–Crippen MR) is 105 cm³/mol. The number of rotatable bonds is 7. The average molecular weight is 363 g/mol. The first-order valence-corrected chi connectivity index (χ1v) is 9.85. The molecule has 1 heterocycles. The van der Waals surface area contributed by atoms with Crippen LogP contribution in [0.5, 0.6) is 11.5 Å². The summed E-state index contributed by atoms with van der Waals surface area (Å²) in [5.41, 5.74) is 0.987. The van der Waals surface area contributed by atoms with Gasteiger partial charge >= 0.3 is 0 Å². The molecule has 1 aliphatic heterocycles. The number of carbonyl (C=O) groups excluding carboxylic acids is 1. The van der Waals surface area contributed by atoms with E-state index in [0.717, 1.165) is 45.4 Å². The van der Waals surface area contributed by atoms with Crippen LogP contribution in [0.15, 0.2) is 12.1 Å². The van der Waals surface area contributed by atoms with Crippen LogP contribution in [0.2, 0.25) is 0 Å². The van der Waals surface area contributed by atoms with Crippen molar-refractivity contribution in [3.8, 4) is 11.5 Å². The molecule has 0 radical (unpaired) electrons. The second-order valence-corrected chi connectivity index (χ2v) is 8.21. The maximum atomic E-state index is 12.8. The SMILES string of the molecule is CC(C)CNCCC1CCN(C(=O)c2cc(C(C)C)c(O)cc2O)CC1. The van der Waals surface area contributed by atoms with Crippen LogP contribution in [0, 0.1) is 11.8 Å². The molecule has 0 unspecified atom stereocenters. The van der Waals surface area contributed by atoms with Gasteiger partial charge in [0.2, 0.25) is 0 Å². The average Bonchev–Trinajstić information content (AvgIpc) is 2.58. The van der Waals surface area contributed by atoms with Crippen LogP contribution in [0.25, 0.3) is 0 Å². The van der Waals surface area contributed by atoms with E-state index in [1.165, 1.54) is 6.07 Å². The van der Waals surface area contributed by atoms with E-state index in [-0.39, 0.29) is 23.3 Å². The van der Waals surface area contributed by atoms with Gasteiger partial charge in [-0.25, -0.2) is 0 Å². The van der Waals surface area contributed by atoms with Gasteiger partial charge in [-0.1, -0.05) is 27.7 Å². The maximum absolute atomic E-state index is 12.8. The van der Waals surface area contributed by atoms with Gasteiger partial charge < -0.3 is 20.4 Å². The van der Waals surface area contributed by atoms with E-state index in [2.05, 4.69) is 19.2 Å². The Bertz CT molecular complexity index is 606. The number of phenolic OH excluding ortho intramolecular Hbond substituents is 2. The highest BCUT2D eigenvalue weighted by Gasteiger charge is 2.26. The van der Waals surface area contributed by atoms with Crippen LogP contribution in [0.4, 0.5) is 0 Å². The number of piperidine rings is 1. The second kappa shape index (κ2) is 9.26. The minimum Gasteiger partial charge on any atom is -0.508 e. The number of aromatic hydroxyl groups is 2. The Morgan fingerprint density at radius 1 is 1.15 bits per heavy atom. The van der Waals surface area contributed by atoms with Gasteiger partial charge in [0.1, 0.15) is 11.5 Å². The second-order valence-electron chi connectivity index (χ2n) is 8.21. The van der Waals surface area contributed by atoms with E-state index in [9.17, 15) is 15.0 Å². The molecule has 0 spiro atoms. The lowest BCUT2D eigenvalue weighted by Crippen LogP contribution is -2.39. The third kappa shape index (κ3) is 5.37. The first-order chi connectivity index (χ1) is 12.3. The van der Waals surface area contributed by atoms with Gasteiger partial charge in [-0.15, -0.1) is 0 Å². The van der Waals surface area contributed by atoms with Crippen LogP contribution in [0.3, 0.4) is 0 Å². The molecule has 5 nitrogen and oxygen atoms in total. The Hall–Kier alpha value is -1.75. The van der Waals surface area contributed by atoms with Crippen molar-refractivity contribution in [3.63, 3.8) is 0 Å². The summed E-state index contributed by atoms with van der Waals surface area (Å²) in [7, 11) is 0. The number of benzene rings is 1. The van der Waals surface area contributed by atoms with E-state index in [1.807, 2.05) is 18.7 Å². The lowest BCUT2D eigenvalue weighted by molar-refractivity contribution is 0.0683. The minimum absolute atomic E-state index is 0.0432. The van der Waals surface area contributed by atoms with Crippen molar-refractivity contribution in [3.05, 3.63) is 23.3 Å². The Balaban J connectivity index is 1.91. The standard InChI is InChI=1S/C21H34N2O3/c1-14(2)13-22-8-5-16-6-9-23(10-7-16)21(26)18-11-17(15(3)4)19(24)12-20(18)25/h11-12,14-16,22,24-25H,5-10,13H2,1-4H3. The number of amides is 1. The highest BCUT2D eigenvalue weighted by molar-refractivity contribution is 5.97. The molecule has 3 N–H and O–H groups in total. The highest BCUT2D eigenvalue weighted by atomic mass is 16.3. The molecular weight excluding hydrogens is 328 g/mol. The van der Waals surface area contributed by atoms with Gasteiger partial charge in [-0.05, 0) is 61.7 Å². The summed E-state index contributed by atoms with van der Waals surface area (Å²) in [4.78, 5) is 14.6. The van der Waals surface area contributed by atoms with E-state index in [4.69, 9.17) is 0 Å². The number of carbonyl (C=O) groups is 1. The lowest BCUT2D eigenvalue weighted by Gasteiger charge is -2.32. The maximum Gasteiger partial charge on any atom is 0.257 e. The third-order valence-electron chi connectivity index (χ3n) is 5.18. The first-order valence-electron chi connectivity index (χ1n) is 9.85. The molecule has 1 aliphatic rings. The number of hydrogen-bond donors (Lipinski definition) is 3. The zero-order chi connectivity index (χ0) is 19.3. The lowest BCUT2D eigenvalue weighted by atomic mass is 9.92. The van der Waals surface area contributed by atoms with Crippen molar-refractivity contribution in [2.24, 2.45) is 11.8 Å². The Morgan fingerprint density at radius 2 is 1.81 bits per heavy atom. The van der Waals surface area contributed by atoms with Crippen LogP contribution in [-0.4, -0.2) is 47.2 Å². The molecule has 1 aromatic carbocycles. The van der Waals surface area contributed by atoms with E-state index >= 15 is 0 Å². The van der Waals surface area contributed by atoms with Crippen LogP contribution in [0.1, 0.15) is 68.8 Å². The molecule has 0 bridgehead atoms. The Morgan fingerprint density at radius 3 is 2.38 bits per heavy atom. The zero-order valence-electron chi connectivity index (χ0n) is 16.6. The summed E-state index contributed by atoms with van der Waals surface area (Å²) in [6.45, 7) is 11.9. The normalized spacial score (nSPS) is 15.8. The smallest absolute Gasteiger partial charge is 0.257 e. The van der Waals surface area contributed by atoms with E-state index in [0.29, 0.717) is 23.0 Å². The fourth-order valence-corrected chi connectivity index (χ4v) is 3.52. The van der Waals surface area contributed by atoms with Crippen molar-refractivity contribution in [2.75, 3.05) is 26.2 Å². The largest absolute Gasteiger partial charge is 0.508 e. The molecule has 0 atom stereocenters. The summed E-state index contributed by atoms with van der Waals surface area (Å²) in [5, 5.41) is 23.6. The number of likely N-dealkylation sites (tertiary alicyclic amines) is 1. The summed E-state index contributed by atoms with van der Waals surface area (Å²) < 4.78 is 0. The molecule has 0 saturated carbocycles. The van der Waals surface area contributed by atoms with Gasteiger partial charge in [-0.3, -0.25) is 4.79 Å². The fraction of sp³-hybridized carbons (Fsp3) is 0.667. The van der Waals surface area contributed by atoms with Crippen molar-refractivity contribution >= 4 is 5.91 Å². The summed E-state index contributed by atoms with van der Waals surface area (Å²) in [5.74, 6) is 1.17. The van der Waals surface area contributed by atoms with Gasteiger partial charge in [0.25, 0.3) is 5.91 Å². The van der Waals surface area contributed by atoms with E-state index < -0.39 is 0 Å². The molecule has 146 valence electrons. The number of nitrogens with zero attached hydrogens (tertiary/aromatic N) is 1. The van der Waals surface area contributed by atoms with Gasteiger partial charge in [0.05, 0.1) is 5.56 Å². The molecule has 1 saturated heterocycles. The van der Waals surface area contributed by atoms with Crippen molar-refractivity contribution in [2.45, 2.75) is 52.9 Å². The molecular formula is C21H34N2O3. The highest BCUT2D eigenvalue weighted by Crippen LogP contribution is 2.33. The molecule has 1 aromatic rings. The summed E-state index contributed by atoms with van der Waals surface area (Å²) in [6, 6.07) is 2.93. The van der Waals surface area contributed by atoms with Crippen LogP contribution in [-0.2, 0) is 0 Å². The molecule has 0 aliphatic carbocycles. The molecule has 2 rings (SSSR count). The van der Waals surface area contributed by atoms with Gasteiger partial charge in [0, 0.05) is 19.2 Å². The summed E-state index contributed by atoms with van der Waals surface area (Å²) >= 11 is 0. The van der Waals surface area contributed by atoms with Crippen LogP contribution >= 0.6 is 0 Å². The molecule has 1 fully saturated rings. The number of phenols is 2. The molecule has 0 aromatic heterocycles. The minimum atomic E-state index is -0.142. The van der Waals surface area contributed by atoms with Gasteiger partial charge in [0.15, 0.2) is 0 Å². The molecule has 26 heavy (non-hydrogen) atoms.